The number of nitrogens with zero attached hydrogens (tertiary/aromatic N) is 3. The molecule has 0 bridgehead atoms. The van der Waals surface area contributed by atoms with E-state index in [1.807, 2.05) is 18.2 Å². The Labute approximate surface area is 173 Å². The Morgan fingerprint density at radius 2 is 1.97 bits per heavy atom. The van der Waals surface area contributed by atoms with Crippen LogP contribution in [0.25, 0.3) is 11.5 Å². The zero-order chi connectivity index (χ0) is 21.1. The topological polar surface area (TPSA) is 77.7 Å². The fraction of sp³-hybridized carbons (Fsp3) is 0.318. The molecule has 1 aliphatic heterocycles. The lowest BCUT2D eigenvalue weighted by molar-refractivity contribution is -0.127. The maximum atomic E-state index is 13.9. The molecule has 0 N–H and O–H groups in total. The van der Waals surface area contributed by atoms with Crippen LogP contribution in [0, 0.1) is 5.82 Å². The van der Waals surface area contributed by atoms with Crippen molar-refractivity contribution in [3.63, 3.8) is 0 Å². The molecule has 0 spiro atoms. The van der Waals surface area contributed by atoms with Gasteiger partial charge in [0.05, 0.1) is 19.8 Å². The number of methoxy groups -OCH3 is 2. The van der Waals surface area contributed by atoms with Crippen LogP contribution < -0.4 is 9.47 Å². The summed E-state index contributed by atoms with van der Waals surface area (Å²) in [5, 5.41) is 3.98. The van der Waals surface area contributed by atoms with Crippen molar-refractivity contribution in [3.8, 4) is 23.0 Å². The minimum Gasteiger partial charge on any atom is -0.493 e. The van der Waals surface area contributed by atoms with Gasteiger partial charge in [0.15, 0.2) is 17.3 Å². The van der Waals surface area contributed by atoms with E-state index in [2.05, 4.69) is 10.1 Å². The van der Waals surface area contributed by atoms with Crippen molar-refractivity contribution in [2.75, 3.05) is 27.3 Å². The summed E-state index contributed by atoms with van der Waals surface area (Å²) in [6, 6.07) is 12.0. The van der Waals surface area contributed by atoms with Gasteiger partial charge in [-0.15, -0.1) is 0 Å². The Hall–Kier alpha value is -3.42. The van der Waals surface area contributed by atoms with E-state index in [0.717, 1.165) is 5.56 Å². The van der Waals surface area contributed by atoms with Gasteiger partial charge in [0, 0.05) is 25.4 Å². The smallest absolute Gasteiger partial charge is 0.260 e. The van der Waals surface area contributed by atoms with Gasteiger partial charge >= 0.3 is 0 Å². The van der Waals surface area contributed by atoms with Crippen LogP contribution in [-0.4, -0.2) is 48.3 Å². The van der Waals surface area contributed by atoms with Gasteiger partial charge in [-0.05, 0) is 36.2 Å². The van der Waals surface area contributed by atoms with E-state index in [0.29, 0.717) is 43.3 Å². The number of carbonyl (C=O) groups is 1. The number of likely N-dealkylation sites (tertiary alicyclic amines) is 1. The molecule has 1 amide bonds. The van der Waals surface area contributed by atoms with Crippen molar-refractivity contribution >= 4 is 5.91 Å². The third kappa shape index (κ3) is 3.98. The first-order valence-corrected chi connectivity index (χ1v) is 9.66. The monoisotopic (exact) mass is 411 g/mol. The Balaban J connectivity index is 1.41. The van der Waals surface area contributed by atoms with E-state index in [9.17, 15) is 9.18 Å². The summed E-state index contributed by atoms with van der Waals surface area (Å²) in [4.78, 5) is 18.6. The van der Waals surface area contributed by atoms with E-state index in [1.165, 1.54) is 6.07 Å². The summed E-state index contributed by atoms with van der Waals surface area (Å²) in [6.45, 7) is 1.07. The summed E-state index contributed by atoms with van der Waals surface area (Å²) in [5.41, 5.74) is 1.30. The molecular weight excluding hydrogens is 389 g/mol. The molecule has 7 nitrogen and oxygen atoms in total. The zero-order valence-electron chi connectivity index (χ0n) is 16.8. The second-order valence-corrected chi connectivity index (χ2v) is 7.12. The number of hydrogen-bond acceptors (Lipinski definition) is 6. The third-order valence-electron chi connectivity index (χ3n) is 5.24. The highest BCUT2D eigenvalue weighted by Gasteiger charge is 2.33. The number of aromatic nitrogens is 2. The van der Waals surface area contributed by atoms with Crippen molar-refractivity contribution in [2.45, 2.75) is 18.8 Å². The number of amides is 1. The average Bonchev–Trinajstić information content (AvgIpc) is 3.39. The van der Waals surface area contributed by atoms with E-state index < -0.39 is 5.82 Å². The van der Waals surface area contributed by atoms with Crippen molar-refractivity contribution in [2.24, 2.45) is 0 Å². The van der Waals surface area contributed by atoms with E-state index in [-0.39, 0.29) is 23.3 Å². The van der Waals surface area contributed by atoms with Crippen LogP contribution in [0.3, 0.4) is 0 Å². The summed E-state index contributed by atoms with van der Waals surface area (Å²) in [5.74, 6) is 1.32. The highest BCUT2D eigenvalue weighted by molar-refractivity contribution is 5.79. The van der Waals surface area contributed by atoms with Crippen LogP contribution in [0.2, 0.25) is 0 Å². The number of hydrogen-bond donors (Lipinski definition) is 0. The molecule has 1 atom stereocenters. The Kier molecular flexibility index (Phi) is 5.65. The summed E-state index contributed by atoms with van der Waals surface area (Å²) in [6.07, 6.45) is 0.994. The van der Waals surface area contributed by atoms with Gasteiger partial charge in [0.2, 0.25) is 5.91 Å². The second-order valence-electron chi connectivity index (χ2n) is 7.12. The van der Waals surface area contributed by atoms with Crippen LogP contribution in [0.5, 0.6) is 11.5 Å². The van der Waals surface area contributed by atoms with Gasteiger partial charge in [0.25, 0.3) is 5.89 Å². The van der Waals surface area contributed by atoms with Gasteiger partial charge in [0.1, 0.15) is 5.82 Å². The summed E-state index contributed by atoms with van der Waals surface area (Å²) >= 11 is 0. The minimum atomic E-state index is -0.424. The van der Waals surface area contributed by atoms with Gasteiger partial charge in [-0.3, -0.25) is 4.79 Å². The first-order chi connectivity index (χ1) is 14.6. The lowest BCUT2D eigenvalue weighted by atomic mass is 10.1. The molecular formula is C22H22FN3O4. The Morgan fingerprint density at radius 1 is 1.17 bits per heavy atom. The number of ether oxygens (including phenoxy) is 2. The van der Waals surface area contributed by atoms with Crippen molar-refractivity contribution < 1.29 is 23.2 Å². The summed E-state index contributed by atoms with van der Waals surface area (Å²) in [7, 11) is 3.19. The van der Waals surface area contributed by atoms with Crippen molar-refractivity contribution in [1.29, 1.82) is 0 Å². The van der Waals surface area contributed by atoms with Crippen LogP contribution in [0.1, 0.15) is 23.7 Å². The fourth-order valence-electron chi connectivity index (χ4n) is 3.61. The molecule has 2 heterocycles. The molecule has 1 aromatic heterocycles. The third-order valence-corrected chi connectivity index (χ3v) is 5.24. The second kappa shape index (κ2) is 8.52. The molecule has 30 heavy (non-hydrogen) atoms. The van der Waals surface area contributed by atoms with E-state index >= 15 is 0 Å². The number of halogens is 1. The molecule has 1 unspecified atom stereocenters. The molecule has 1 aliphatic rings. The quantitative estimate of drug-likeness (QED) is 0.593. The SMILES string of the molecule is COc1ccc(CCN2CC(c3noc(-c4ccccc4F)n3)CC2=O)cc1OC. The van der Waals surface area contributed by atoms with Crippen LogP contribution in [0.15, 0.2) is 47.0 Å². The molecule has 1 saturated heterocycles. The highest BCUT2D eigenvalue weighted by Crippen LogP contribution is 2.30. The van der Waals surface area contributed by atoms with Crippen LogP contribution in [-0.2, 0) is 11.2 Å². The van der Waals surface area contributed by atoms with Crippen LogP contribution >= 0.6 is 0 Å². The lowest BCUT2D eigenvalue weighted by Crippen LogP contribution is -2.27. The molecule has 0 saturated carbocycles. The summed E-state index contributed by atoms with van der Waals surface area (Å²) < 4.78 is 29.8. The van der Waals surface area contributed by atoms with Crippen LogP contribution in [0.4, 0.5) is 4.39 Å². The molecule has 1 fully saturated rings. The maximum Gasteiger partial charge on any atom is 0.260 e. The fourth-order valence-corrected chi connectivity index (χ4v) is 3.61. The molecule has 0 radical (unpaired) electrons. The largest absolute Gasteiger partial charge is 0.493 e. The minimum absolute atomic E-state index is 0.0396. The van der Waals surface area contributed by atoms with Crippen molar-refractivity contribution in [3.05, 3.63) is 59.7 Å². The van der Waals surface area contributed by atoms with E-state index in [4.69, 9.17) is 14.0 Å². The standard InChI is InChI=1S/C22H22FN3O4/c1-28-18-8-7-14(11-19(18)29-2)9-10-26-13-15(12-20(26)27)21-24-22(30-25-21)16-5-3-4-6-17(16)23/h3-8,11,15H,9-10,12-13H2,1-2H3. The van der Waals surface area contributed by atoms with Crippen molar-refractivity contribution in [1.82, 2.24) is 15.0 Å². The number of rotatable bonds is 7. The molecule has 3 aromatic rings. The predicted molar refractivity (Wildman–Crippen MR) is 107 cm³/mol. The first kappa shape index (κ1) is 19.9. The van der Waals surface area contributed by atoms with Gasteiger partial charge in [-0.2, -0.15) is 4.98 Å². The number of benzene rings is 2. The first-order valence-electron chi connectivity index (χ1n) is 9.66. The highest BCUT2D eigenvalue weighted by atomic mass is 19.1. The van der Waals surface area contributed by atoms with E-state index in [1.54, 1.807) is 37.3 Å². The molecule has 8 heteroatoms. The maximum absolute atomic E-state index is 13.9. The molecule has 2 aromatic carbocycles. The zero-order valence-corrected chi connectivity index (χ0v) is 16.8. The average molecular weight is 411 g/mol. The predicted octanol–water partition coefficient (Wildman–Crippen LogP) is 3.45. The molecule has 0 aliphatic carbocycles. The number of carbonyl (C=O) groups excluding carboxylic acids is 1. The van der Waals surface area contributed by atoms with Gasteiger partial charge < -0.3 is 18.9 Å². The Bertz CT molecular complexity index is 1050. The Morgan fingerprint density at radius 3 is 2.73 bits per heavy atom. The lowest BCUT2D eigenvalue weighted by Gasteiger charge is -2.16. The molecule has 4 rings (SSSR count). The van der Waals surface area contributed by atoms with Gasteiger partial charge in [-0.1, -0.05) is 23.4 Å². The normalized spacial score (nSPS) is 16.2. The molecule has 156 valence electrons. The van der Waals surface area contributed by atoms with Gasteiger partial charge in [-0.25, -0.2) is 4.39 Å².